The summed E-state index contributed by atoms with van der Waals surface area (Å²) in [5.41, 5.74) is 0.320. The maximum atomic E-state index is 13.5. The molecule has 0 saturated heterocycles. The van der Waals surface area contributed by atoms with Crippen molar-refractivity contribution in [1.29, 1.82) is 0 Å². The first kappa shape index (κ1) is 17.7. The van der Waals surface area contributed by atoms with E-state index in [9.17, 15) is 13.2 Å². The topological polar surface area (TPSA) is 68.0 Å². The van der Waals surface area contributed by atoms with Gasteiger partial charge in [-0.25, -0.2) is 0 Å². The zero-order chi connectivity index (χ0) is 18.9. The summed E-state index contributed by atoms with van der Waals surface area (Å²) in [6, 6.07) is 9.23. The average Bonchev–Trinajstić information content (AvgIpc) is 2.99. The van der Waals surface area contributed by atoms with Crippen molar-refractivity contribution in [2.75, 3.05) is 5.32 Å². The predicted octanol–water partition coefficient (Wildman–Crippen LogP) is 4.07. The fourth-order valence-corrected chi connectivity index (χ4v) is 3.85. The zero-order valence-electron chi connectivity index (χ0n) is 14.5. The third-order valence-corrected chi connectivity index (χ3v) is 5.08. The number of nitrogens with one attached hydrogen (secondary N) is 1. The second-order valence-electron chi connectivity index (χ2n) is 6.83. The first-order valence-electron chi connectivity index (χ1n) is 9.00. The van der Waals surface area contributed by atoms with Gasteiger partial charge in [0.2, 0.25) is 0 Å². The van der Waals surface area contributed by atoms with Crippen LogP contribution in [0.4, 0.5) is 19.0 Å². The van der Waals surface area contributed by atoms with Gasteiger partial charge in [0.15, 0.2) is 5.65 Å². The molecule has 2 heterocycles. The molecule has 1 aliphatic carbocycles. The van der Waals surface area contributed by atoms with Crippen molar-refractivity contribution in [1.82, 2.24) is 25.3 Å². The first-order chi connectivity index (χ1) is 13.0. The number of tetrazole rings is 1. The third kappa shape index (κ3) is 3.72. The van der Waals surface area contributed by atoms with E-state index in [0.717, 1.165) is 25.7 Å². The molecule has 142 valence electrons. The predicted molar refractivity (Wildman–Crippen MR) is 93.3 cm³/mol. The van der Waals surface area contributed by atoms with Crippen LogP contribution >= 0.6 is 0 Å². The maximum absolute atomic E-state index is 13.5. The number of hydrogen-bond donors (Lipinski definition) is 1. The maximum Gasteiger partial charge on any atom is 0.416 e. The summed E-state index contributed by atoms with van der Waals surface area (Å²) in [5, 5.41) is 18.8. The lowest BCUT2D eigenvalue weighted by Gasteiger charge is -2.29. The molecule has 27 heavy (non-hydrogen) atoms. The molecule has 1 aromatic carbocycles. The van der Waals surface area contributed by atoms with Crippen molar-refractivity contribution < 1.29 is 13.2 Å². The minimum atomic E-state index is -4.36. The Balaban J connectivity index is 1.67. The fourth-order valence-electron chi connectivity index (χ4n) is 3.85. The lowest BCUT2D eigenvalue weighted by atomic mass is 9.84. The average molecular weight is 376 g/mol. The molecule has 1 saturated carbocycles. The molecular formula is C18H19F3N6. The monoisotopic (exact) mass is 376 g/mol. The second-order valence-corrected chi connectivity index (χ2v) is 6.83. The number of halogens is 3. The van der Waals surface area contributed by atoms with Gasteiger partial charge < -0.3 is 5.32 Å². The zero-order valence-corrected chi connectivity index (χ0v) is 14.5. The molecule has 0 unspecified atom stereocenters. The van der Waals surface area contributed by atoms with Crippen LogP contribution in [0.2, 0.25) is 0 Å². The van der Waals surface area contributed by atoms with Crippen LogP contribution in [0.25, 0.3) is 5.65 Å². The molecule has 6 nitrogen and oxygen atoms in total. The fraction of sp³-hybridized carbons (Fsp3) is 0.444. The molecule has 0 spiro atoms. The molecular weight excluding hydrogens is 357 g/mol. The lowest BCUT2D eigenvalue weighted by Crippen LogP contribution is -2.29. The molecule has 4 rings (SSSR count). The summed E-state index contributed by atoms with van der Waals surface area (Å²) >= 11 is 0. The minimum Gasteiger partial charge on any atom is -0.365 e. The van der Waals surface area contributed by atoms with Gasteiger partial charge in [-0.3, -0.25) is 0 Å². The number of anilines is 1. The Kier molecular flexibility index (Phi) is 4.67. The van der Waals surface area contributed by atoms with Gasteiger partial charge in [0.1, 0.15) is 5.82 Å². The van der Waals surface area contributed by atoms with Gasteiger partial charge in [-0.15, -0.1) is 14.8 Å². The summed E-state index contributed by atoms with van der Waals surface area (Å²) in [7, 11) is 0. The van der Waals surface area contributed by atoms with E-state index in [1.54, 1.807) is 24.3 Å². The highest BCUT2D eigenvalue weighted by atomic mass is 19.4. The smallest absolute Gasteiger partial charge is 0.365 e. The number of aromatic nitrogens is 5. The highest BCUT2D eigenvalue weighted by molar-refractivity contribution is 5.44. The van der Waals surface area contributed by atoms with Crippen LogP contribution in [-0.2, 0) is 6.18 Å². The van der Waals surface area contributed by atoms with Crippen LogP contribution in [0, 0.1) is 0 Å². The quantitative estimate of drug-likeness (QED) is 0.698. The molecule has 0 radical (unpaired) electrons. The van der Waals surface area contributed by atoms with Gasteiger partial charge in [0.05, 0.1) is 5.56 Å². The van der Waals surface area contributed by atoms with E-state index in [0.29, 0.717) is 23.4 Å². The van der Waals surface area contributed by atoms with E-state index in [-0.39, 0.29) is 12.0 Å². The molecule has 0 amide bonds. The summed E-state index contributed by atoms with van der Waals surface area (Å²) in [6.07, 6.45) is 0.0212. The van der Waals surface area contributed by atoms with Crippen LogP contribution in [-0.4, -0.2) is 31.3 Å². The Bertz CT molecular complexity index is 923. The Morgan fingerprint density at radius 1 is 1.00 bits per heavy atom. The van der Waals surface area contributed by atoms with Crippen molar-refractivity contribution in [2.24, 2.45) is 0 Å². The Morgan fingerprint density at radius 3 is 2.67 bits per heavy atom. The number of hydrogen-bond acceptors (Lipinski definition) is 5. The summed E-state index contributed by atoms with van der Waals surface area (Å²) in [5.74, 6) is 0.313. The van der Waals surface area contributed by atoms with Gasteiger partial charge >= 0.3 is 6.18 Å². The van der Waals surface area contributed by atoms with E-state index in [2.05, 4.69) is 25.9 Å². The van der Waals surface area contributed by atoms with E-state index in [1.807, 2.05) is 0 Å². The molecule has 1 fully saturated rings. The second kappa shape index (κ2) is 7.13. The number of fused-ring (bicyclic) bond motifs is 1. The number of nitrogens with zero attached hydrogens (tertiary/aromatic N) is 5. The highest BCUT2D eigenvalue weighted by Crippen LogP contribution is 2.40. The Morgan fingerprint density at radius 2 is 1.81 bits per heavy atom. The van der Waals surface area contributed by atoms with Gasteiger partial charge in [-0.1, -0.05) is 37.5 Å². The van der Waals surface area contributed by atoms with Crippen LogP contribution in [0.3, 0.4) is 0 Å². The molecule has 1 aliphatic rings. The minimum absolute atomic E-state index is 0.141. The normalized spacial score (nSPS) is 21.1. The van der Waals surface area contributed by atoms with Crippen molar-refractivity contribution in [2.45, 2.75) is 50.2 Å². The van der Waals surface area contributed by atoms with Crippen LogP contribution in [0.1, 0.15) is 49.1 Å². The van der Waals surface area contributed by atoms with Crippen LogP contribution in [0.15, 0.2) is 36.4 Å². The third-order valence-electron chi connectivity index (χ3n) is 5.08. The largest absolute Gasteiger partial charge is 0.416 e. The molecule has 0 bridgehead atoms. The molecule has 3 aromatic rings. The molecule has 9 heteroatoms. The van der Waals surface area contributed by atoms with E-state index >= 15 is 0 Å². The molecule has 2 aromatic heterocycles. The summed E-state index contributed by atoms with van der Waals surface area (Å²) in [4.78, 5) is 0. The molecule has 1 N–H and O–H groups in total. The standard InChI is InChI=1S/C18H19F3N6/c19-18(20,21)14-8-5-4-6-12(14)13-7-2-1-3-9-15(13)22-16-10-11-17-23-25-26-27(17)24-16/h4-6,8,10-11,13,15H,1-3,7,9H2,(H,22,24)/t13-,15+/m1/s1. The highest BCUT2D eigenvalue weighted by Gasteiger charge is 2.37. The molecule has 2 atom stereocenters. The van der Waals surface area contributed by atoms with E-state index in [1.165, 1.54) is 16.8 Å². The van der Waals surface area contributed by atoms with Crippen LogP contribution in [0.5, 0.6) is 0 Å². The van der Waals surface area contributed by atoms with E-state index < -0.39 is 11.7 Å². The summed E-state index contributed by atoms with van der Waals surface area (Å²) < 4.78 is 41.9. The van der Waals surface area contributed by atoms with Crippen molar-refractivity contribution in [3.8, 4) is 0 Å². The number of benzene rings is 1. The van der Waals surface area contributed by atoms with Crippen molar-refractivity contribution >= 4 is 11.5 Å². The number of rotatable bonds is 3. The van der Waals surface area contributed by atoms with Gasteiger partial charge in [-0.05, 0) is 47.0 Å². The Hall–Kier alpha value is -2.71. The van der Waals surface area contributed by atoms with Crippen LogP contribution < -0.4 is 5.32 Å². The first-order valence-corrected chi connectivity index (χ1v) is 9.00. The summed E-state index contributed by atoms with van der Waals surface area (Å²) in [6.45, 7) is 0. The van der Waals surface area contributed by atoms with Gasteiger partial charge in [0, 0.05) is 12.0 Å². The number of alkyl halides is 3. The SMILES string of the molecule is FC(F)(F)c1ccccc1[C@H]1CCCCC[C@@H]1Nc1ccc2nnnn2n1. The van der Waals surface area contributed by atoms with Crippen molar-refractivity contribution in [3.05, 3.63) is 47.5 Å². The lowest BCUT2D eigenvalue weighted by molar-refractivity contribution is -0.138. The van der Waals surface area contributed by atoms with Gasteiger partial charge in [0.25, 0.3) is 0 Å². The Labute approximate surface area is 153 Å². The van der Waals surface area contributed by atoms with E-state index in [4.69, 9.17) is 0 Å². The molecule has 0 aliphatic heterocycles. The van der Waals surface area contributed by atoms with Crippen molar-refractivity contribution in [3.63, 3.8) is 0 Å². The van der Waals surface area contributed by atoms with Gasteiger partial charge in [-0.2, -0.15) is 13.2 Å².